The molecule has 1 unspecified atom stereocenters. The van der Waals surface area contributed by atoms with Gasteiger partial charge in [0, 0.05) is 21.2 Å². The van der Waals surface area contributed by atoms with Crippen LogP contribution in [-0.4, -0.2) is 25.4 Å². The number of esters is 1. The molecule has 1 aromatic rings. The number of thioether (sulfide) groups is 1. The van der Waals surface area contributed by atoms with Crippen molar-refractivity contribution < 1.29 is 9.53 Å². The van der Waals surface area contributed by atoms with Crippen LogP contribution in [0.3, 0.4) is 0 Å². The highest BCUT2D eigenvalue weighted by atomic mass is 79.9. The second kappa shape index (κ2) is 9.42. The quantitative estimate of drug-likeness (QED) is 0.558. The number of ether oxygens (including phenoxy) is 1. The Morgan fingerprint density at radius 1 is 1.50 bits per heavy atom. The smallest absolute Gasteiger partial charge is 0.306 e. The Labute approximate surface area is 134 Å². The van der Waals surface area contributed by atoms with E-state index in [0.29, 0.717) is 12.5 Å². The number of benzene rings is 1. The van der Waals surface area contributed by atoms with Crippen LogP contribution < -0.4 is 5.32 Å². The van der Waals surface area contributed by atoms with Crippen LogP contribution in [0.4, 0.5) is 0 Å². The highest BCUT2D eigenvalue weighted by molar-refractivity contribution is 9.10. The first-order valence-electron chi connectivity index (χ1n) is 6.81. The van der Waals surface area contributed by atoms with E-state index in [9.17, 15) is 4.79 Å². The Bertz CT molecular complexity index is 440. The van der Waals surface area contributed by atoms with Gasteiger partial charge >= 0.3 is 5.97 Å². The molecule has 0 bridgehead atoms. The monoisotopic (exact) mass is 359 g/mol. The predicted molar refractivity (Wildman–Crippen MR) is 88.2 cm³/mol. The van der Waals surface area contributed by atoms with Gasteiger partial charge in [-0.1, -0.05) is 22.9 Å². The molecule has 0 saturated heterocycles. The minimum absolute atomic E-state index is 0.159. The van der Waals surface area contributed by atoms with Crippen molar-refractivity contribution in [1.82, 2.24) is 5.32 Å². The molecule has 0 spiro atoms. The molecule has 0 aliphatic carbocycles. The van der Waals surface area contributed by atoms with Gasteiger partial charge in [0.1, 0.15) is 0 Å². The summed E-state index contributed by atoms with van der Waals surface area (Å²) >= 11 is 5.22. The maximum atomic E-state index is 11.2. The van der Waals surface area contributed by atoms with E-state index in [0.717, 1.165) is 23.2 Å². The first-order valence-corrected chi connectivity index (χ1v) is 8.58. The van der Waals surface area contributed by atoms with E-state index in [4.69, 9.17) is 0 Å². The molecule has 1 atom stereocenters. The van der Waals surface area contributed by atoms with Gasteiger partial charge in [-0.2, -0.15) is 0 Å². The van der Waals surface area contributed by atoms with Crippen LogP contribution in [0.25, 0.3) is 0 Å². The molecule has 0 fully saturated rings. The van der Waals surface area contributed by atoms with Gasteiger partial charge in [-0.15, -0.1) is 11.8 Å². The Balaban J connectivity index is 2.71. The van der Waals surface area contributed by atoms with E-state index < -0.39 is 0 Å². The molecule has 0 amide bonds. The molecule has 1 rings (SSSR count). The maximum absolute atomic E-state index is 11.2. The minimum Gasteiger partial charge on any atom is -0.469 e. The third-order valence-electron chi connectivity index (χ3n) is 2.93. The fraction of sp³-hybridized carbons (Fsp3) is 0.533. The molecule has 0 aliphatic heterocycles. The molecular weight excluding hydrogens is 338 g/mol. The molecule has 1 N–H and O–H groups in total. The summed E-state index contributed by atoms with van der Waals surface area (Å²) < 4.78 is 5.74. The summed E-state index contributed by atoms with van der Waals surface area (Å²) in [5.41, 5.74) is 1.27. The third kappa shape index (κ3) is 5.85. The topological polar surface area (TPSA) is 38.3 Å². The number of hydrogen-bond donors (Lipinski definition) is 1. The Kier molecular flexibility index (Phi) is 8.26. The number of hydrogen-bond acceptors (Lipinski definition) is 4. The van der Waals surface area contributed by atoms with E-state index >= 15 is 0 Å². The zero-order chi connectivity index (χ0) is 15.0. The van der Waals surface area contributed by atoms with Gasteiger partial charge < -0.3 is 10.1 Å². The summed E-state index contributed by atoms with van der Waals surface area (Å²) in [7, 11) is 1.43. The molecule has 0 radical (unpaired) electrons. The number of methoxy groups -OCH3 is 1. The molecule has 0 saturated carbocycles. The summed E-state index contributed by atoms with van der Waals surface area (Å²) in [6, 6.07) is 6.59. The van der Waals surface area contributed by atoms with Crippen LogP contribution in [-0.2, 0) is 9.53 Å². The van der Waals surface area contributed by atoms with E-state index in [2.05, 4.69) is 52.0 Å². The van der Waals surface area contributed by atoms with Crippen molar-refractivity contribution >= 4 is 33.7 Å². The van der Waals surface area contributed by atoms with Crippen molar-refractivity contribution in [2.45, 2.75) is 37.6 Å². The molecule has 3 nitrogen and oxygen atoms in total. The van der Waals surface area contributed by atoms with Crippen molar-refractivity contribution in [3.63, 3.8) is 0 Å². The number of rotatable bonds is 8. The van der Waals surface area contributed by atoms with Gasteiger partial charge in [-0.3, -0.25) is 4.79 Å². The zero-order valence-electron chi connectivity index (χ0n) is 12.2. The van der Waals surface area contributed by atoms with Crippen LogP contribution in [0.1, 0.15) is 38.3 Å². The van der Waals surface area contributed by atoms with Gasteiger partial charge in [0.15, 0.2) is 0 Å². The first kappa shape index (κ1) is 17.5. The summed E-state index contributed by atoms with van der Waals surface area (Å²) in [6.07, 6.45) is 1.55. The fourth-order valence-electron chi connectivity index (χ4n) is 1.81. The van der Waals surface area contributed by atoms with E-state index in [1.807, 2.05) is 6.07 Å². The van der Waals surface area contributed by atoms with Crippen molar-refractivity contribution in [3.05, 3.63) is 28.2 Å². The summed E-state index contributed by atoms with van der Waals surface area (Å²) in [4.78, 5) is 12.4. The highest BCUT2D eigenvalue weighted by Gasteiger charge is 2.12. The lowest BCUT2D eigenvalue weighted by atomic mass is 10.1. The molecule has 0 heterocycles. The van der Waals surface area contributed by atoms with Crippen LogP contribution in [0.2, 0.25) is 0 Å². The van der Waals surface area contributed by atoms with Crippen molar-refractivity contribution in [3.8, 4) is 0 Å². The van der Waals surface area contributed by atoms with Gasteiger partial charge in [0.2, 0.25) is 0 Å². The van der Waals surface area contributed by atoms with E-state index in [1.165, 1.54) is 17.6 Å². The normalized spacial score (nSPS) is 12.2. The van der Waals surface area contributed by atoms with E-state index in [1.54, 1.807) is 11.8 Å². The minimum atomic E-state index is -0.159. The second-order valence-corrected chi connectivity index (χ2v) is 6.58. The summed E-state index contributed by atoms with van der Waals surface area (Å²) in [5, 5.41) is 3.50. The molecule has 20 heavy (non-hydrogen) atoms. The van der Waals surface area contributed by atoms with Gasteiger partial charge in [0.05, 0.1) is 13.5 Å². The summed E-state index contributed by atoms with van der Waals surface area (Å²) in [5.74, 6) is 0.579. The Morgan fingerprint density at radius 3 is 2.90 bits per heavy atom. The molecule has 0 aromatic heterocycles. The van der Waals surface area contributed by atoms with Crippen molar-refractivity contribution in [2.24, 2.45) is 0 Å². The van der Waals surface area contributed by atoms with Gasteiger partial charge in [0.25, 0.3) is 0 Å². The second-order valence-electron chi connectivity index (χ2n) is 4.53. The van der Waals surface area contributed by atoms with Crippen LogP contribution in [0.15, 0.2) is 27.6 Å². The lowest BCUT2D eigenvalue weighted by Crippen LogP contribution is -2.19. The molecular formula is C15H22BrNO2S. The van der Waals surface area contributed by atoms with Crippen molar-refractivity contribution in [2.75, 3.05) is 19.4 Å². The number of carbonyl (C=O) groups excluding carboxylic acids is 1. The molecule has 112 valence electrons. The SMILES string of the molecule is CCCNC(C)c1cc(Br)ccc1SCCC(=O)OC. The lowest BCUT2D eigenvalue weighted by Gasteiger charge is -2.18. The van der Waals surface area contributed by atoms with Gasteiger partial charge in [-0.05, 0) is 43.7 Å². The van der Waals surface area contributed by atoms with Crippen LogP contribution in [0, 0.1) is 0 Å². The average Bonchev–Trinajstić information content (AvgIpc) is 2.45. The first-order chi connectivity index (χ1) is 9.58. The zero-order valence-corrected chi connectivity index (χ0v) is 14.6. The average molecular weight is 360 g/mol. The van der Waals surface area contributed by atoms with Crippen LogP contribution in [0.5, 0.6) is 0 Å². The number of carbonyl (C=O) groups is 1. The lowest BCUT2D eigenvalue weighted by molar-refractivity contribution is -0.140. The molecule has 5 heteroatoms. The maximum Gasteiger partial charge on any atom is 0.306 e. The number of halogens is 1. The Morgan fingerprint density at radius 2 is 2.25 bits per heavy atom. The van der Waals surface area contributed by atoms with Crippen LogP contribution >= 0.6 is 27.7 Å². The van der Waals surface area contributed by atoms with Crippen molar-refractivity contribution in [1.29, 1.82) is 0 Å². The third-order valence-corrected chi connectivity index (χ3v) is 4.51. The highest BCUT2D eigenvalue weighted by Crippen LogP contribution is 2.30. The predicted octanol–water partition coefficient (Wildman–Crippen LogP) is 4.16. The summed E-state index contributed by atoms with van der Waals surface area (Å²) in [6.45, 7) is 5.33. The molecule has 0 aliphatic rings. The molecule has 1 aromatic carbocycles. The van der Waals surface area contributed by atoms with E-state index in [-0.39, 0.29) is 5.97 Å². The standard InChI is InChI=1S/C15H22BrNO2S/c1-4-8-17-11(2)13-10-12(16)5-6-14(13)20-9-7-15(18)19-3/h5-6,10-11,17H,4,7-9H2,1-3H3. The fourth-order valence-corrected chi connectivity index (χ4v) is 3.24. The largest absolute Gasteiger partial charge is 0.469 e. The number of nitrogens with one attached hydrogen (secondary N) is 1. The Hall–Kier alpha value is -0.520. The van der Waals surface area contributed by atoms with Gasteiger partial charge in [-0.25, -0.2) is 0 Å².